The van der Waals surface area contributed by atoms with Crippen molar-refractivity contribution in [1.82, 2.24) is 5.32 Å². The molecule has 0 saturated carbocycles. The van der Waals surface area contributed by atoms with Crippen molar-refractivity contribution in [3.05, 3.63) is 35.9 Å². The first kappa shape index (κ1) is 7.77. The van der Waals surface area contributed by atoms with Crippen LogP contribution in [0.1, 0.15) is 11.5 Å². The molecule has 1 fully saturated rings. The topological polar surface area (TPSA) is 32.3 Å². The summed E-state index contributed by atoms with van der Waals surface area (Å²) in [6.45, 7) is 1.23. The molecule has 0 bridgehead atoms. The van der Waals surface area contributed by atoms with Crippen LogP contribution in [-0.4, -0.2) is 24.3 Å². The van der Waals surface area contributed by atoms with Crippen LogP contribution in [0.25, 0.3) is 0 Å². The Bertz CT molecular complexity index is 245. The largest absolute Gasteiger partial charge is 0.395 e. The average molecular weight is 163 g/mol. The molecule has 0 aromatic heterocycles. The summed E-state index contributed by atoms with van der Waals surface area (Å²) in [5, 5.41) is 12.1. The van der Waals surface area contributed by atoms with E-state index in [0.717, 1.165) is 6.54 Å². The minimum atomic E-state index is 0.236. The maximum absolute atomic E-state index is 8.96. The number of rotatable bonds is 2. The number of benzene rings is 1. The van der Waals surface area contributed by atoms with Gasteiger partial charge in [0.1, 0.15) is 0 Å². The number of hydrogen-bond acceptors (Lipinski definition) is 2. The van der Waals surface area contributed by atoms with Crippen LogP contribution < -0.4 is 5.32 Å². The molecule has 12 heavy (non-hydrogen) atoms. The first-order chi connectivity index (χ1) is 5.92. The monoisotopic (exact) mass is 163 g/mol. The highest BCUT2D eigenvalue weighted by Crippen LogP contribution is 2.25. The third kappa shape index (κ3) is 1.24. The minimum Gasteiger partial charge on any atom is -0.395 e. The minimum absolute atomic E-state index is 0.236. The van der Waals surface area contributed by atoms with Crippen LogP contribution in [0.2, 0.25) is 0 Å². The number of hydrogen-bond donors (Lipinski definition) is 2. The van der Waals surface area contributed by atoms with E-state index in [-0.39, 0.29) is 12.6 Å². The van der Waals surface area contributed by atoms with Crippen molar-refractivity contribution in [2.75, 3.05) is 13.2 Å². The highest BCUT2D eigenvalue weighted by molar-refractivity contribution is 5.24. The van der Waals surface area contributed by atoms with Crippen molar-refractivity contribution in [3.63, 3.8) is 0 Å². The van der Waals surface area contributed by atoms with E-state index in [0.29, 0.717) is 5.92 Å². The predicted octanol–water partition coefficient (Wildman–Crippen LogP) is 0.734. The van der Waals surface area contributed by atoms with Gasteiger partial charge >= 0.3 is 0 Å². The molecule has 0 radical (unpaired) electrons. The van der Waals surface area contributed by atoms with Crippen molar-refractivity contribution in [2.45, 2.75) is 12.0 Å². The van der Waals surface area contributed by atoms with Gasteiger partial charge in [0.15, 0.2) is 0 Å². The predicted molar refractivity (Wildman–Crippen MR) is 48.1 cm³/mol. The first-order valence-corrected chi connectivity index (χ1v) is 4.31. The number of aliphatic hydroxyl groups is 1. The molecular weight excluding hydrogens is 150 g/mol. The Morgan fingerprint density at radius 2 is 2.08 bits per heavy atom. The second-order valence-electron chi connectivity index (χ2n) is 3.21. The van der Waals surface area contributed by atoms with Crippen LogP contribution in [-0.2, 0) is 0 Å². The molecule has 1 heterocycles. The summed E-state index contributed by atoms with van der Waals surface area (Å²) in [6.07, 6.45) is 0. The van der Waals surface area contributed by atoms with Crippen molar-refractivity contribution in [3.8, 4) is 0 Å². The van der Waals surface area contributed by atoms with Gasteiger partial charge < -0.3 is 10.4 Å². The van der Waals surface area contributed by atoms with Crippen molar-refractivity contribution in [2.24, 2.45) is 0 Å². The zero-order chi connectivity index (χ0) is 8.39. The van der Waals surface area contributed by atoms with Crippen LogP contribution >= 0.6 is 0 Å². The number of aliphatic hydroxyl groups excluding tert-OH is 1. The molecule has 0 aliphatic carbocycles. The summed E-state index contributed by atoms with van der Waals surface area (Å²) in [5.74, 6) is 0.510. The SMILES string of the molecule is OCC1NCC1c1ccccc1. The summed E-state index contributed by atoms with van der Waals surface area (Å²) in [5.41, 5.74) is 1.33. The van der Waals surface area contributed by atoms with Gasteiger partial charge in [0.2, 0.25) is 0 Å². The lowest BCUT2D eigenvalue weighted by atomic mass is 9.85. The smallest absolute Gasteiger partial charge is 0.0591 e. The van der Waals surface area contributed by atoms with Gasteiger partial charge in [-0.3, -0.25) is 0 Å². The van der Waals surface area contributed by atoms with Crippen LogP contribution in [0.4, 0.5) is 0 Å². The molecule has 1 aliphatic heterocycles. The van der Waals surface area contributed by atoms with Gasteiger partial charge in [-0.2, -0.15) is 0 Å². The molecule has 1 aromatic rings. The Kier molecular flexibility index (Phi) is 2.11. The normalized spacial score (nSPS) is 28.1. The number of nitrogens with one attached hydrogen (secondary N) is 1. The van der Waals surface area contributed by atoms with Gasteiger partial charge in [0, 0.05) is 18.5 Å². The van der Waals surface area contributed by atoms with E-state index in [1.807, 2.05) is 18.2 Å². The van der Waals surface area contributed by atoms with E-state index < -0.39 is 0 Å². The van der Waals surface area contributed by atoms with Gasteiger partial charge in [0.25, 0.3) is 0 Å². The summed E-state index contributed by atoms with van der Waals surface area (Å²) < 4.78 is 0. The van der Waals surface area contributed by atoms with Crippen LogP contribution in [0.5, 0.6) is 0 Å². The molecule has 2 nitrogen and oxygen atoms in total. The third-order valence-corrected chi connectivity index (χ3v) is 2.51. The zero-order valence-corrected chi connectivity index (χ0v) is 6.90. The standard InChI is InChI=1S/C10H13NO/c12-7-10-9(6-11-10)8-4-2-1-3-5-8/h1-5,9-12H,6-7H2. The van der Waals surface area contributed by atoms with E-state index in [1.165, 1.54) is 5.56 Å². The quantitative estimate of drug-likeness (QED) is 0.673. The molecular formula is C10H13NO. The van der Waals surface area contributed by atoms with Gasteiger partial charge in [-0.25, -0.2) is 0 Å². The van der Waals surface area contributed by atoms with E-state index in [1.54, 1.807) is 0 Å². The Labute approximate surface area is 72.2 Å². The van der Waals surface area contributed by atoms with E-state index in [9.17, 15) is 0 Å². The molecule has 2 unspecified atom stereocenters. The Balaban J connectivity index is 2.11. The Hall–Kier alpha value is -0.860. The fraction of sp³-hybridized carbons (Fsp3) is 0.400. The molecule has 2 atom stereocenters. The second kappa shape index (κ2) is 3.25. The fourth-order valence-corrected chi connectivity index (χ4v) is 1.64. The van der Waals surface area contributed by atoms with Gasteiger partial charge in [0.05, 0.1) is 6.61 Å². The van der Waals surface area contributed by atoms with E-state index in [2.05, 4.69) is 17.4 Å². The zero-order valence-electron chi connectivity index (χ0n) is 6.90. The fourth-order valence-electron chi connectivity index (χ4n) is 1.64. The van der Waals surface area contributed by atoms with E-state index >= 15 is 0 Å². The first-order valence-electron chi connectivity index (χ1n) is 4.31. The molecule has 1 saturated heterocycles. The molecule has 2 N–H and O–H groups in total. The molecule has 0 spiro atoms. The van der Waals surface area contributed by atoms with E-state index in [4.69, 9.17) is 5.11 Å². The van der Waals surface area contributed by atoms with Crippen molar-refractivity contribution in [1.29, 1.82) is 0 Å². The van der Waals surface area contributed by atoms with Gasteiger partial charge in [-0.05, 0) is 5.56 Å². The Morgan fingerprint density at radius 3 is 2.58 bits per heavy atom. The van der Waals surface area contributed by atoms with Crippen LogP contribution in [0, 0.1) is 0 Å². The van der Waals surface area contributed by atoms with Crippen LogP contribution in [0.3, 0.4) is 0 Å². The van der Waals surface area contributed by atoms with Gasteiger partial charge in [-0.1, -0.05) is 30.3 Å². The van der Waals surface area contributed by atoms with Gasteiger partial charge in [-0.15, -0.1) is 0 Å². The highest BCUT2D eigenvalue weighted by Gasteiger charge is 2.30. The summed E-state index contributed by atoms with van der Waals surface area (Å²) in [7, 11) is 0. The lowest BCUT2D eigenvalue weighted by Crippen LogP contribution is -2.53. The lowest BCUT2D eigenvalue weighted by molar-refractivity contribution is 0.175. The summed E-state index contributed by atoms with van der Waals surface area (Å²) in [4.78, 5) is 0. The lowest BCUT2D eigenvalue weighted by Gasteiger charge is -2.37. The molecule has 1 aliphatic rings. The van der Waals surface area contributed by atoms with Crippen molar-refractivity contribution < 1.29 is 5.11 Å². The molecule has 0 amide bonds. The average Bonchev–Trinajstić information content (AvgIpc) is 2.05. The van der Waals surface area contributed by atoms with Crippen molar-refractivity contribution >= 4 is 0 Å². The highest BCUT2D eigenvalue weighted by atomic mass is 16.3. The van der Waals surface area contributed by atoms with Crippen LogP contribution in [0.15, 0.2) is 30.3 Å². The second-order valence-corrected chi connectivity index (χ2v) is 3.21. The third-order valence-electron chi connectivity index (χ3n) is 2.51. The Morgan fingerprint density at radius 1 is 1.33 bits per heavy atom. The summed E-state index contributed by atoms with van der Waals surface area (Å²) >= 11 is 0. The molecule has 2 rings (SSSR count). The molecule has 2 heteroatoms. The molecule has 64 valence electrons. The molecule has 1 aromatic carbocycles. The maximum Gasteiger partial charge on any atom is 0.0591 e. The summed E-state index contributed by atoms with van der Waals surface area (Å²) in [6, 6.07) is 10.6. The maximum atomic E-state index is 8.96.